The molecule has 1 aliphatic carbocycles. The molecule has 2 fully saturated rings. The Balaban J connectivity index is 1.90. The topological polar surface area (TPSA) is 164 Å². The first-order chi connectivity index (χ1) is 13.7. The van der Waals surface area contributed by atoms with Gasteiger partial charge in [0, 0.05) is 13.0 Å². The Morgan fingerprint density at radius 1 is 1.07 bits per heavy atom. The number of carbonyl (C=O) groups is 1. The van der Waals surface area contributed by atoms with E-state index in [2.05, 4.69) is 0 Å². The lowest BCUT2D eigenvalue weighted by Crippen LogP contribution is -2.60. The first-order valence-corrected chi connectivity index (χ1v) is 9.38. The zero-order chi connectivity index (χ0) is 21.5. The van der Waals surface area contributed by atoms with E-state index in [1.807, 2.05) is 0 Å². The van der Waals surface area contributed by atoms with E-state index in [1.165, 1.54) is 14.2 Å². The Labute approximate surface area is 167 Å². The Morgan fingerprint density at radius 2 is 1.76 bits per heavy atom. The number of rotatable bonds is 5. The zero-order valence-corrected chi connectivity index (χ0v) is 16.4. The van der Waals surface area contributed by atoms with Crippen LogP contribution in [0.3, 0.4) is 0 Å². The van der Waals surface area contributed by atoms with Gasteiger partial charge in [0.05, 0.1) is 25.4 Å². The molecule has 0 bridgehead atoms. The number of esters is 1. The van der Waals surface area contributed by atoms with Crippen molar-refractivity contribution in [3.63, 3.8) is 0 Å². The average molecular weight is 420 g/mol. The SMILES string of the molecule is COC(=O)C1=C2C[C@H](O)[C@@H](C)[C@H]2[C@H](O[C@H]2O[C@@H](CO)[C@H](O)[C@@H](O)[C@@H]2O)O[C@@H]1OC. The first-order valence-electron chi connectivity index (χ1n) is 9.38. The van der Waals surface area contributed by atoms with Gasteiger partial charge >= 0.3 is 5.97 Å². The molecule has 2 aliphatic heterocycles. The largest absolute Gasteiger partial charge is 0.466 e. The molecule has 0 aromatic carbocycles. The minimum Gasteiger partial charge on any atom is -0.466 e. The van der Waals surface area contributed by atoms with Crippen molar-refractivity contribution < 1.29 is 54.0 Å². The lowest BCUT2D eigenvalue weighted by Gasteiger charge is -2.43. The predicted molar refractivity (Wildman–Crippen MR) is 92.8 cm³/mol. The normalized spacial score (nSPS) is 45.2. The smallest absolute Gasteiger partial charge is 0.338 e. The Bertz CT molecular complexity index is 635. The summed E-state index contributed by atoms with van der Waals surface area (Å²) < 4.78 is 27.0. The van der Waals surface area contributed by atoms with Crippen molar-refractivity contribution in [1.82, 2.24) is 0 Å². The molecule has 11 heteroatoms. The van der Waals surface area contributed by atoms with Crippen molar-refractivity contribution in [2.24, 2.45) is 11.8 Å². The van der Waals surface area contributed by atoms with E-state index in [4.69, 9.17) is 23.7 Å². The molecule has 1 saturated heterocycles. The lowest BCUT2D eigenvalue weighted by atomic mass is 9.88. The molecule has 11 nitrogen and oxygen atoms in total. The summed E-state index contributed by atoms with van der Waals surface area (Å²) in [5, 5.41) is 49.9. The fourth-order valence-electron chi connectivity index (χ4n) is 4.17. The molecule has 3 aliphatic rings. The van der Waals surface area contributed by atoms with Crippen LogP contribution in [0.4, 0.5) is 0 Å². The summed E-state index contributed by atoms with van der Waals surface area (Å²) in [6.07, 6.45) is -10.1. The van der Waals surface area contributed by atoms with E-state index in [0.29, 0.717) is 5.57 Å². The average Bonchev–Trinajstić information content (AvgIpc) is 3.01. The van der Waals surface area contributed by atoms with Gasteiger partial charge < -0.3 is 49.2 Å². The van der Waals surface area contributed by atoms with E-state index in [9.17, 15) is 30.3 Å². The number of aliphatic hydroxyl groups excluding tert-OH is 5. The van der Waals surface area contributed by atoms with Crippen molar-refractivity contribution in [2.45, 2.75) is 62.7 Å². The summed E-state index contributed by atoms with van der Waals surface area (Å²) in [6.45, 7) is 1.16. The van der Waals surface area contributed by atoms with Crippen LogP contribution in [-0.2, 0) is 28.5 Å². The highest BCUT2D eigenvalue weighted by atomic mass is 16.8. The van der Waals surface area contributed by atoms with Crippen LogP contribution >= 0.6 is 0 Å². The predicted octanol–water partition coefficient (Wildman–Crippen LogP) is -2.38. The Hall–Kier alpha value is -1.15. The number of fused-ring (bicyclic) bond motifs is 1. The molecule has 0 aromatic heterocycles. The lowest BCUT2D eigenvalue weighted by molar-refractivity contribution is -0.359. The van der Waals surface area contributed by atoms with Gasteiger partial charge in [0.15, 0.2) is 18.9 Å². The molecular weight excluding hydrogens is 392 g/mol. The van der Waals surface area contributed by atoms with Gasteiger partial charge in [-0.25, -0.2) is 4.79 Å². The van der Waals surface area contributed by atoms with E-state index in [-0.39, 0.29) is 17.9 Å². The van der Waals surface area contributed by atoms with Gasteiger partial charge in [-0.15, -0.1) is 0 Å². The Kier molecular flexibility index (Phi) is 6.93. The van der Waals surface area contributed by atoms with Gasteiger partial charge in [-0.2, -0.15) is 0 Å². The monoisotopic (exact) mass is 420 g/mol. The second-order valence-electron chi connectivity index (χ2n) is 7.49. The number of hydrogen-bond donors (Lipinski definition) is 5. The highest BCUT2D eigenvalue weighted by Gasteiger charge is 2.52. The molecule has 0 amide bonds. The quantitative estimate of drug-likeness (QED) is 0.302. The van der Waals surface area contributed by atoms with Gasteiger partial charge in [0.25, 0.3) is 0 Å². The fourth-order valence-corrected chi connectivity index (χ4v) is 4.17. The summed E-state index contributed by atoms with van der Waals surface area (Å²) in [6, 6.07) is 0. The van der Waals surface area contributed by atoms with Crippen LogP contribution < -0.4 is 0 Å². The van der Waals surface area contributed by atoms with Crippen molar-refractivity contribution in [3.8, 4) is 0 Å². The number of methoxy groups -OCH3 is 2. The minimum atomic E-state index is -1.62. The van der Waals surface area contributed by atoms with Crippen LogP contribution in [0.15, 0.2) is 11.1 Å². The highest BCUT2D eigenvalue weighted by molar-refractivity contribution is 5.90. The second-order valence-corrected chi connectivity index (χ2v) is 7.49. The summed E-state index contributed by atoms with van der Waals surface area (Å²) >= 11 is 0. The van der Waals surface area contributed by atoms with Gasteiger partial charge in [0.1, 0.15) is 24.4 Å². The molecule has 0 unspecified atom stereocenters. The maximum atomic E-state index is 12.3. The van der Waals surface area contributed by atoms with Gasteiger partial charge in [-0.1, -0.05) is 6.92 Å². The first kappa shape index (κ1) is 22.5. The maximum absolute atomic E-state index is 12.3. The van der Waals surface area contributed by atoms with E-state index in [1.54, 1.807) is 6.92 Å². The number of hydrogen-bond acceptors (Lipinski definition) is 11. The van der Waals surface area contributed by atoms with Gasteiger partial charge in [-0.3, -0.25) is 0 Å². The van der Waals surface area contributed by atoms with Crippen molar-refractivity contribution in [3.05, 3.63) is 11.1 Å². The van der Waals surface area contributed by atoms with Crippen molar-refractivity contribution >= 4 is 5.97 Å². The minimum absolute atomic E-state index is 0.150. The number of carbonyl (C=O) groups excluding carboxylic acids is 1. The summed E-state index contributed by atoms with van der Waals surface area (Å²) in [7, 11) is 2.55. The molecular formula is C18H28O11. The molecule has 0 aromatic rings. The van der Waals surface area contributed by atoms with Crippen LogP contribution in [0.25, 0.3) is 0 Å². The molecule has 2 heterocycles. The van der Waals surface area contributed by atoms with E-state index >= 15 is 0 Å². The van der Waals surface area contributed by atoms with Crippen LogP contribution in [0.1, 0.15) is 13.3 Å². The molecule has 0 radical (unpaired) electrons. The molecule has 166 valence electrons. The summed E-state index contributed by atoms with van der Waals surface area (Å²) in [4.78, 5) is 12.3. The number of aliphatic hydroxyl groups is 5. The van der Waals surface area contributed by atoms with Crippen LogP contribution in [0.2, 0.25) is 0 Å². The molecule has 10 atom stereocenters. The highest BCUT2D eigenvalue weighted by Crippen LogP contribution is 2.47. The fraction of sp³-hybridized carbons (Fsp3) is 0.833. The van der Waals surface area contributed by atoms with Gasteiger partial charge in [-0.05, 0) is 17.9 Å². The molecule has 3 rings (SSSR count). The van der Waals surface area contributed by atoms with Crippen LogP contribution in [-0.4, -0.2) is 102 Å². The van der Waals surface area contributed by atoms with E-state index in [0.717, 1.165) is 0 Å². The summed E-state index contributed by atoms with van der Waals surface area (Å²) in [5.74, 6) is -1.58. The second kappa shape index (κ2) is 8.92. The third-order valence-electron chi connectivity index (χ3n) is 5.87. The van der Waals surface area contributed by atoms with Crippen molar-refractivity contribution in [1.29, 1.82) is 0 Å². The third-order valence-corrected chi connectivity index (χ3v) is 5.87. The molecule has 1 saturated carbocycles. The number of ether oxygens (including phenoxy) is 5. The summed E-state index contributed by atoms with van der Waals surface area (Å²) in [5.41, 5.74) is 0.710. The van der Waals surface area contributed by atoms with E-state index < -0.39 is 67.9 Å². The molecule has 0 spiro atoms. The molecule has 5 N–H and O–H groups in total. The van der Waals surface area contributed by atoms with Crippen LogP contribution in [0.5, 0.6) is 0 Å². The maximum Gasteiger partial charge on any atom is 0.338 e. The third kappa shape index (κ3) is 3.94. The molecule has 29 heavy (non-hydrogen) atoms. The van der Waals surface area contributed by atoms with Gasteiger partial charge in [0.2, 0.25) is 0 Å². The standard InChI is InChI=1S/C18H28O11/c1-6-8(20)4-7-10(6)17(28-16(26-3)11(7)15(24)25-2)29-18-14(23)13(22)12(21)9(5-19)27-18/h6,8-10,12-14,16-23H,4-5H2,1-3H3/t6-,8+,9+,10-,12+,13-,14+,16+,17+,18-/m1/s1. The van der Waals surface area contributed by atoms with Crippen LogP contribution in [0, 0.1) is 11.8 Å². The Morgan fingerprint density at radius 3 is 2.34 bits per heavy atom. The zero-order valence-electron chi connectivity index (χ0n) is 16.4. The van der Waals surface area contributed by atoms with Crippen molar-refractivity contribution in [2.75, 3.05) is 20.8 Å².